The standard InChI is InChI=1S/C27H37N4O11.3CH3.Sn/c32-21(11-6-9-17-7-2-1-3-8-17)28-16-5-4-10-18(24(36)37)29-22(33)14-12-19(25(38)39)30-27(42)31-20(26(40)41)13-15-23(34)35;;;;/h2-3,7-8,18-20H,4-6,9-16H2,(H,28,32)(H,29,33)(H,34,35)(H,36,37)(H,38,39)(H,40,41)(H2,30,31,42);3*1H3;/t18-,19-,20-;;;;/m0..../s1. The van der Waals surface area contributed by atoms with Crippen molar-refractivity contribution in [3.8, 4) is 0 Å². The van der Waals surface area contributed by atoms with E-state index in [1.807, 2.05) is 10.6 Å². The molecule has 0 aliphatic carbocycles. The van der Waals surface area contributed by atoms with Crippen molar-refractivity contribution in [1.29, 1.82) is 0 Å². The third-order valence-electron chi connectivity index (χ3n) is 7.08. The van der Waals surface area contributed by atoms with Gasteiger partial charge in [-0.05, 0) is 19.3 Å². The Bertz CT molecular complexity index is 1220. The van der Waals surface area contributed by atoms with Crippen LogP contribution in [0, 0.1) is 0 Å². The van der Waals surface area contributed by atoms with Crippen molar-refractivity contribution in [2.24, 2.45) is 0 Å². The number of hydrogen-bond donors (Lipinski definition) is 8. The van der Waals surface area contributed by atoms with E-state index in [0.717, 1.165) is 6.42 Å². The normalized spacial score (nSPS) is 13.0. The second-order valence-electron chi connectivity index (χ2n) is 12.0. The number of carboxylic acid groups (broad SMARTS) is 4. The van der Waals surface area contributed by atoms with E-state index in [0.29, 0.717) is 32.2 Å². The molecule has 0 aliphatic heterocycles. The van der Waals surface area contributed by atoms with Gasteiger partial charge in [0, 0.05) is 12.8 Å². The molecule has 0 unspecified atom stereocenters. The molecule has 4 amide bonds. The Balaban J connectivity index is 2.39. The van der Waals surface area contributed by atoms with E-state index >= 15 is 0 Å². The number of carbonyl (C=O) groups excluding carboxylic acids is 3. The summed E-state index contributed by atoms with van der Waals surface area (Å²) in [6, 6.07) is 3.01. The van der Waals surface area contributed by atoms with Crippen LogP contribution in [0.3, 0.4) is 0 Å². The first-order valence-corrected chi connectivity index (χ1v) is 25.1. The van der Waals surface area contributed by atoms with Crippen LogP contribution in [0.25, 0.3) is 0 Å². The molecule has 0 saturated heterocycles. The average Bonchev–Trinajstić information content (AvgIpc) is 2.95. The number of amides is 4. The first-order valence-electron chi connectivity index (χ1n) is 15.1. The Hall–Kier alpha value is -3.89. The van der Waals surface area contributed by atoms with E-state index in [2.05, 4.69) is 49.7 Å². The van der Waals surface area contributed by atoms with E-state index in [9.17, 15) is 43.8 Å². The van der Waals surface area contributed by atoms with Crippen LogP contribution >= 0.6 is 0 Å². The first kappa shape index (κ1) is 40.1. The van der Waals surface area contributed by atoms with Gasteiger partial charge in [0.05, 0.1) is 0 Å². The summed E-state index contributed by atoms with van der Waals surface area (Å²) in [7, 11) is 0. The molecule has 256 valence electrons. The number of carboxylic acids is 4. The van der Waals surface area contributed by atoms with Crippen LogP contribution in [-0.2, 0) is 35.2 Å². The van der Waals surface area contributed by atoms with Gasteiger partial charge in [0.15, 0.2) is 0 Å². The van der Waals surface area contributed by atoms with E-state index in [1.165, 1.54) is 9.14 Å². The Morgan fingerprint density at radius 2 is 1.15 bits per heavy atom. The third-order valence-corrected chi connectivity index (χ3v) is 13.0. The molecular formula is C30H46N4O11Sn. The monoisotopic (exact) mass is 758 g/mol. The molecule has 1 rings (SSSR count). The minimum absolute atomic E-state index is 0.0712. The maximum atomic E-state index is 12.3. The molecule has 0 bridgehead atoms. The average molecular weight is 757 g/mol. The molecule has 3 atom stereocenters. The number of rotatable bonds is 22. The number of benzene rings is 1. The molecule has 1 aromatic carbocycles. The number of hydrogen-bond acceptors (Lipinski definition) is 7. The van der Waals surface area contributed by atoms with Crippen molar-refractivity contribution < 1.29 is 54.0 Å². The molecule has 15 nitrogen and oxygen atoms in total. The molecule has 8 N–H and O–H groups in total. The van der Waals surface area contributed by atoms with E-state index < -0.39 is 98.0 Å². The molecule has 46 heavy (non-hydrogen) atoms. The van der Waals surface area contributed by atoms with Crippen LogP contribution in [0.15, 0.2) is 24.3 Å². The zero-order valence-electron chi connectivity index (χ0n) is 26.5. The van der Waals surface area contributed by atoms with Gasteiger partial charge in [0.2, 0.25) is 5.91 Å². The summed E-state index contributed by atoms with van der Waals surface area (Å²) in [6.45, 7) is 0.347. The van der Waals surface area contributed by atoms with E-state index in [-0.39, 0.29) is 12.3 Å². The molecule has 0 radical (unpaired) electrons. The predicted octanol–water partition coefficient (Wildman–Crippen LogP) is 1.26. The fourth-order valence-electron chi connectivity index (χ4n) is 4.35. The van der Waals surface area contributed by atoms with Gasteiger partial charge in [0.1, 0.15) is 18.1 Å². The summed E-state index contributed by atoms with van der Waals surface area (Å²) in [4.78, 5) is 88.7. The summed E-state index contributed by atoms with van der Waals surface area (Å²) in [5.74, 6) is -6.47. The van der Waals surface area contributed by atoms with Crippen LogP contribution in [0.5, 0.6) is 0 Å². The topological polar surface area (TPSA) is 249 Å². The van der Waals surface area contributed by atoms with Crippen LogP contribution < -0.4 is 24.8 Å². The molecule has 0 aliphatic rings. The molecular weight excluding hydrogens is 711 g/mol. The number of nitrogens with one attached hydrogen (secondary N) is 4. The maximum absolute atomic E-state index is 12.3. The SMILES string of the molecule is [CH3][Sn]([CH3])([CH3])[c]1ccc(CCCC(=O)NCCCC[C@H](NC(=O)CC[C@H](NC(=O)N[C@@H](CCC(=O)O)C(=O)O)C(=O)O)C(=O)O)cc1. The van der Waals surface area contributed by atoms with Crippen molar-refractivity contribution in [3.05, 3.63) is 29.8 Å². The molecule has 0 fully saturated rings. The third kappa shape index (κ3) is 17.0. The molecule has 0 saturated carbocycles. The number of urea groups is 1. The van der Waals surface area contributed by atoms with Crippen molar-refractivity contribution in [3.63, 3.8) is 0 Å². The van der Waals surface area contributed by atoms with Crippen molar-refractivity contribution in [2.45, 2.75) is 97.2 Å². The van der Waals surface area contributed by atoms with Crippen LogP contribution in [0.2, 0.25) is 14.8 Å². The Kier molecular flexibility index (Phi) is 17.7. The molecule has 0 spiro atoms. The van der Waals surface area contributed by atoms with Crippen molar-refractivity contribution in [2.75, 3.05) is 6.54 Å². The van der Waals surface area contributed by atoms with Gasteiger partial charge < -0.3 is 36.4 Å². The zero-order chi connectivity index (χ0) is 34.9. The Morgan fingerprint density at radius 3 is 1.65 bits per heavy atom. The first-order chi connectivity index (χ1) is 21.5. The van der Waals surface area contributed by atoms with Crippen molar-refractivity contribution in [1.82, 2.24) is 21.3 Å². The van der Waals surface area contributed by atoms with Crippen molar-refractivity contribution >= 4 is 63.7 Å². The van der Waals surface area contributed by atoms with Gasteiger partial charge in [-0.15, -0.1) is 0 Å². The summed E-state index contributed by atoms with van der Waals surface area (Å²) >= 11 is -2.09. The molecule has 1 aromatic rings. The van der Waals surface area contributed by atoms with Crippen LogP contribution in [0.1, 0.15) is 63.4 Å². The van der Waals surface area contributed by atoms with Gasteiger partial charge in [-0.2, -0.15) is 0 Å². The number of aliphatic carboxylic acids is 4. The van der Waals surface area contributed by atoms with Gasteiger partial charge >= 0.3 is 151 Å². The van der Waals surface area contributed by atoms with E-state index in [1.54, 1.807) is 0 Å². The molecule has 0 heterocycles. The van der Waals surface area contributed by atoms with Crippen LogP contribution in [-0.4, -0.2) is 105 Å². The second kappa shape index (κ2) is 20.3. The minimum atomic E-state index is -2.09. The zero-order valence-corrected chi connectivity index (χ0v) is 29.3. The van der Waals surface area contributed by atoms with E-state index in [4.69, 9.17) is 10.2 Å². The van der Waals surface area contributed by atoms with Crippen LogP contribution in [0.4, 0.5) is 4.79 Å². The number of unbranched alkanes of at least 4 members (excludes halogenated alkanes) is 1. The van der Waals surface area contributed by atoms with Gasteiger partial charge in [0.25, 0.3) is 0 Å². The summed E-state index contributed by atoms with van der Waals surface area (Å²) in [6.07, 6.45) is 0.939. The van der Waals surface area contributed by atoms with Gasteiger partial charge in [-0.3, -0.25) is 9.59 Å². The fraction of sp³-hybridized carbons (Fsp3) is 0.567. The molecule has 0 aromatic heterocycles. The number of carbonyl (C=O) groups is 7. The summed E-state index contributed by atoms with van der Waals surface area (Å²) in [5.41, 5.74) is 1.19. The Labute approximate surface area is 271 Å². The fourth-order valence-corrected chi connectivity index (χ4v) is 7.68. The quantitative estimate of drug-likeness (QED) is 0.0618. The Morgan fingerprint density at radius 1 is 0.630 bits per heavy atom. The number of aryl methyl sites for hydroxylation is 1. The predicted molar refractivity (Wildman–Crippen MR) is 169 cm³/mol. The second-order valence-corrected chi connectivity index (χ2v) is 26.5. The summed E-state index contributed by atoms with van der Waals surface area (Å²) < 4.78 is 1.45. The summed E-state index contributed by atoms with van der Waals surface area (Å²) in [5, 5.41) is 45.8. The van der Waals surface area contributed by atoms with Gasteiger partial charge in [-0.1, -0.05) is 0 Å². The molecule has 16 heteroatoms. The van der Waals surface area contributed by atoms with Gasteiger partial charge in [-0.25, -0.2) is 19.2 Å².